The fraction of sp³-hybridized carbons (Fsp3) is 0.188. The van der Waals surface area contributed by atoms with E-state index in [4.69, 9.17) is 0 Å². The molecule has 0 atom stereocenters. The van der Waals surface area contributed by atoms with E-state index in [0.717, 1.165) is 17.1 Å². The van der Waals surface area contributed by atoms with Crippen molar-refractivity contribution in [2.45, 2.75) is 20.8 Å². The van der Waals surface area contributed by atoms with Crippen LogP contribution in [0.15, 0.2) is 36.4 Å². The fourth-order valence-electron chi connectivity index (χ4n) is 2.36. The second kappa shape index (κ2) is 6.07. The Hall–Kier alpha value is -3.29. The monoisotopic (exact) mass is 324 g/mol. The second-order valence-corrected chi connectivity index (χ2v) is 5.46. The summed E-state index contributed by atoms with van der Waals surface area (Å²) in [5, 5.41) is 18.2. The third kappa shape index (κ3) is 3.22. The minimum absolute atomic E-state index is 0.0442. The van der Waals surface area contributed by atoms with Crippen molar-refractivity contribution in [2.24, 2.45) is 0 Å². The number of benzene rings is 1. The molecule has 2 aromatic heterocycles. The quantitative estimate of drug-likeness (QED) is 0.584. The summed E-state index contributed by atoms with van der Waals surface area (Å²) in [5.74, 6) is 1.07. The molecule has 0 aliphatic heterocycles. The van der Waals surface area contributed by atoms with Crippen LogP contribution >= 0.6 is 0 Å². The largest absolute Gasteiger partial charge is 0.340 e. The van der Waals surface area contributed by atoms with E-state index in [2.05, 4.69) is 20.4 Å². The number of rotatable bonds is 4. The molecule has 0 spiro atoms. The zero-order valence-electron chi connectivity index (χ0n) is 13.5. The van der Waals surface area contributed by atoms with E-state index in [1.54, 1.807) is 22.9 Å². The molecular formula is C16H16N6O2. The zero-order chi connectivity index (χ0) is 17.3. The molecule has 0 saturated heterocycles. The molecule has 3 rings (SSSR count). The van der Waals surface area contributed by atoms with Crippen LogP contribution in [0.1, 0.15) is 17.1 Å². The minimum Gasteiger partial charge on any atom is -0.340 e. The maximum atomic E-state index is 10.7. The summed E-state index contributed by atoms with van der Waals surface area (Å²) in [6, 6.07) is 9.92. The predicted molar refractivity (Wildman–Crippen MR) is 89.7 cm³/mol. The molecule has 1 N–H and O–H groups in total. The van der Waals surface area contributed by atoms with Crippen molar-refractivity contribution in [2.75, 3.05) is 5.32 Å². The van der Waals surface area contributed by atoms with Crippen LogP contribution in [0.4, 0.5) is 17.2 Å². The van der Waals surface area contributed by atoms with Gasteiger partial charge in [0, 0.05) is 35.3 Å². The highest BCUT2D eigenvalue weighted by atomic mass is 16.6. The highest BCUT2D eigenvalue weighted by molar-refractivity contribution is 5.58. The number of hydrogen-bond acceptors (Lipinski definition) is 6. The zero-order valence-corrected chi connectivity index (χ0v) is 13.5. The van der Waals surface area contributed by atoms with Crippen LogP contribution in [-0.2, 0) is 0 Å². The van der Waals surface area contributed by atoms with Gasteiger partial charge in [0.1, 0.15) is 5.82 Å². The second-order valence-electron chi connectivity index (χ2n) is 5.46. The van der Waals surface area contributed by atoms with Gasteiger partial charge >= 0.3 is 0 Å². The lowest BCUT2D eigenvalue weighted by Crippen LogP contribution is -2.08. The van der Waals surface area contributed by atoms with Gasteiger partial charge in [-0.15, -0.1) is 0 Å². The number of nitro groups is 1. The van der Waals surface area contributed by atoms with E-state index in [9.17, 15) is 10.1 Å². The van der Waals surface area contributed by atoms with Crippen molar-refractivity contribution in [1.29, 1.82) is 0 Å². The molecule has 2 heterocycles. The molecule has 8 nitrogen and oxygen atoms in total. The Morgan fingerprint density at radius 3 is 2.33 bits per heavy atom. The predicted octanol–water partition coefficient (Wildman–Crippen LogP) is 3.24. The maximum Gasteiger partial charge on any atom is 0.269 e. The summed E-state index contributed by atoms with van der Waals surface area (Å²) in [6.45, 7) is 5.72. The lowest BCUT2D eigenvalue weighted by Gasteiger charge is -2.09. The van der Waals surface area contributed by atoms with Crippen LogP contribution in [0.2, 0.25) is 0 Å². The summed E-state index contributed by atoms with van der Waals surface area (Å²) < 4.78 is 1.68. The maximum absolute atomic E-state index is 10.7. The van der Waals surface area contributed by atoms with Crippen LogP contribution < -0.4 is 5.32 Å². The average Bonchev–Trinajstić information content (AvgIpc) is 2.86. The van der Waals surface area contributed by atoms with E-state index in [0.29, 0.717) is 17.5 Å². The third-order valence-corrected chi connectivity index (χ3v) is 3.39. The first-order chi connectivity index (χ1) is 11.4. The Bertz CT molecular complexity index is 901. The van der Waals surface area contributed by atoms with Crippen molar-refractivity contribution in [1.82, 2.24) is 19.7 Å². The van der Waals surface area contributed by atoms with Gasteiger partial charge in [0.25, 0.3) is 11.6 Å². The molecule has 0 saturated carbocycles. The highest BCUT2D eigenvalue weighted by Gasteiger charge is 2.10. The summed E-state index contributed by atoms with van der Waals surface area (Å²) in [4.78, 5) is 19.2. The molecular weight excluding hydrogens is 308 g/mol. The number of hydrogen-bond donors (Lipinski definition) is 1. The topological polar surface area (TPSA) is 98.8 Å². The number of aromatic nitrogens is 4. The van der Waals surface area contributed by atoms with Gasteiger partial charge in [-0.1, -0.05) is 0 Å². The van der Waals surface area contributed by atoms with Crippen LogP contribution in [0.3, 0.4) is 0 Å². The molecule has 0 radical (unpaired) electrons. The molecule has 1 aromatic carbocycles. The van der Waals surface area contributed by atoms with Gasteiger partial charge in [-0.3, -0.25) is 10.1 Å². The molecule has 0 aliphatic carbocycles. The van der Waals surface area contributed by atoms with Crippen molar-refractivity contribution < 1.29 is 4.92 Å². The van der Waals surface area contributed by atoms with Crippen LogP contribution in [0, 0.1) is 30.9 Å². The molecule has 8 heteroatoms. The molecule has 0 amide bonds. The molecule has 0 unspecified atom stereocenters. The lowest BCUT2D eigenvalue weighted by molar-refractivity contribution is -0.384. The molecule has 0 bridgehead atoms. The summed E-state index contributed by atoms with van der Waals surface area (Å²) >= 11 is 0. The Labute approximate surface area is 138 Å². The number of non-ortho nitro benzene ring substituents is 1. The van der Waals surface area contributed by atoms with E-state index in [1.165, 1.54) is 12.1 Å². The minimum atomic E-state index is -0.431. The number of nitrogens with one attached hydrogen (secondary N) is 1. The van der Waals surface area contributed by atoms with Crippen LogP contribution in [0.25, 0.3) is 5.95 Å². The van der Waals surface area contributed by atoms with Gasteiger partial charge < -0.3 is 5.32 Å². The van der Waals surface area contributed by atoms with Crippen molar-refractivity contribution in [3.63, 3.8) is 0 Å². The van der Waals surface area contributed by atoms with Gasteiger partial charge in [0.15, 0.2) is 0 Å². The molecule has 24 heavy (non-hydrogen) atoms. The SMILES string of the molecule is Cc1cc(Nc2ccc([N+](=O)[O-])cc2)nc(-n2nc(C)cc2C)n1. The van der Waals surface area contributed by atoms with E-state index >= 15 is 0 Å². The van der Waals surface area contributed by atoms with Crippen molar-refractivity contribution in [3.8, 4) is 5.95 Å². The Balaban J connectivity index is 1.91. The standard InChI is InChI=1S/C16H16N6O2/c1-10-9-15(18-13-4-6-14(7-5-13)22(23)24)19-16(17-10)21-12(3)8-11(2)20-21/h4-9H,1-3H3,(H,17,18,19). The summed E-state index contributed by atoms with van der Waals surface area (Å²) in [7, 11) is 0. The first kappa shape index (κ1) is 15.6. The van der Waals surface area contributed by atoms with Crippen LogP contribution in [0.5, 0.6) is 0 Å². The Kier molecular flexibility index (Phi) is 3.95. The van der Waals surface area contributed by atoms with E-state index in [1.807, 2.05) is 26.8 Å². The van der Waals surface area contributed by atoms with E-state index in [-0.39, 0.29) is 5.69 Å². The van der Waals surface area contributed by atoms with Gasteiger partial charge in [0.05, 0.1) is 10.6 Å². The molecule has 3 aromatic rings. The Morgan fingerprint density at radius 1 is 1.04 bits per heavy atom. The lowest BCUT2D eigenvalue weighted by atomic mass is 10.3. The summed E-state index contributed by atoms with van der Waals surface area (Å²) in [5.41, 5.74) is 3.37. The smallest absolute Gasteiger partial charge is 0.269 e. The average molecular weight is 324 g/mol. The number of nitro benzene ring substituents is 1. The van der Waals surface area contributed by atoms with Gasteiger partial charge in [0.2, 0.25) is 0 Å². The van der Waals surface area contributed by atoms with Gasteiger partial charge in [-0.2, -0.15) is 10.1 Å². The number of nitrogens with zero attached hydrogens (tertiary/aromatic N) is 5. The van der Waals surface area contributed by atoms with Gasteiger partial charge in [-0.05, 0) is 39.0 Å². The van der Waals surface area contributed by atoms with Crippen LogP contribution in [-0.4, -0.2) is 24.7 Å². The van der Waals surface area contributed by atoms with Crippen molar-refractivity contribution in [3.05, 3.63) is 63.6 Å². The van der Waals surface area contributed by atoms with Crippen molar-refractivity contribution >= 4 is 17.2 Å². The normalized spacial score (nSPS) is 10.6. The summed E-state index contributed by atoms with van der Waals surface area (Å²) in [6.07, 6.45) is 0. The number of aryl methyl sites for hydroxylation is 3. The number of anilines is 2. The molecule has 0 fully saturated rings. The highest BCUT2D eigenvalue weighted by Crippen LogP contribution is 2.20. The molecule has 122 valence electrons. The van der Waals surface area contributed by atoms with Gasteiger partial charge in [-0.25, -0.2) is 9.67 Å². The first-order valence-electron chi connectivity index (χ1n) is 7.33. The Morgan fingerprint density at radius 2 is 1.75 bits per heavy atom. The molecule has 0 aliphatic rings. The van der Waals surface area contributed by atoms with E-state index < -0.39 is 4.92 Å². The first-order valence-corrected chi connectivity index (χ1v) is 7.33. The third-order valence-electron chi connectivity index (χ3n) is 3.39. The fourth-order valence-corrected chi connectivity index (χ4v) is 2.36.